The number of methoxy groups -OCH3 is 2. The molecule has 2 aromatic carbocycles. The van der Waals surface area contributed by atoms with Crippen molar-refractivity contribution in [2.75, 3.05) is 27.4 Å². The molecule has 3 aromatic rings. The highest BCUT2D eigenvalue weighted by molar-refractivity contribution is 7.07. The van der Waals surface area contributed by atoms with Crippen LogP contribution in [-0.2, 0) is 14.3 Å². The predicted molar refractivity (Wildman–Crippen MR) is 140 cm³/mol. The summed E-state index contributed by atoms with van der Waals surface area (Å²) >= 11 is 1.19. The van der Waals surface area contributed by atoms with Gasteiger partial charge in [0.25, 0.3) is 5.56 Å². The SMILES string of the molecule is CCOC(=O)C1=C(C)N=c2s/c(=C/c3ccc(OCC(=O)O)c(OC)c3)c(=O)n2[C@H]1c1ccc(OC)cc1. The van der Waals surface area contributed by atoms with Crippen LogP contribution in [0.3, 0.4) is 0 Å². The third-order valence-corrected chi connectivity index (χ3v) is 6.77. The van der Waals surface area contributed by atoms with Gasteiger partial charge in [-0.25, -0.2) is 14.6 Å². The number of allylic oxidation sites excluding steroid dienone is 1. The minimum absolute atomic E-state index is 0.184. The number of benzene rings is 2. The average molecular weight is 539 g/mol. The lowest BCUT2D eigenvalue weighted by atomic mass is 9.96. The summed E-state index contributed by atoms with van der Waals surface area (Å²) in [5, 5.41) is 8.87. The Bertz CT molecular complexity index is 1580. The summed E-state index contributed by atoms with van der Waals surface area (Å²) in [6, 6.07) is 11.3. The van der Waals surface area contributed by atoms with Gasteiger partial charge in [-0.15, -0.1) is 0 Å². The van der Waals surface area contributed by atoms with Crippen LogP contribution in [-0.4, -0.2) is 49.0 Å². The van der Waals surface area contributed by atoms with Gasteiger partial charge in [0.15, 0.2) is 22.9 Å². The molecule has 0 spiro atoms. The van der Waals surface area contributed by atoms with Gasteiger partial charge < -0.3 is 24.1 Å². The number of nitrogens with zero attached hydrogens (tertiary/aromatic N) is 2. The Morgan fingerprint density at radius 3 is 2.47 bits per heavy atom. The molecule has 0 radical (unpaired) electrons. The third kappa shape index (κ3) is 5.32. The van der Waals surface area contributed by atoms with Gasteiger partial charge >= 0.3 is 11.9 Å². The van der Waals surface area contributed by atoms with Crippen molar-refractivity contribution < 1.29 is 33.6 Å². The summed E-state index contributed by atoms with van der Waals surface area (Å²) in [5.41, 5.74) is 1.78. The van der Waals surface area contributed by atoms with E-state index in [9.17, 15) is 14.4 Å². The molecule has 1 aliphatic rings. The standard InChI is InChI=1S/C27H26N2O8S/c1-5-36-26(33)23-15(2)28-27-29(24(23)17-7-9-18(34-3)10-8-17)25(32)21(38-27)13-16-6-11-19(20(12-16)35-4)37-14-22(30)31/h6-13,24H,5,14H2,1-4H3,(H,30,31)/b21-13+/t24-/m0/s1. The fourth-order valence-corrected chi connectivity index (χ4v) is 5.12. The average Bonchev–Trinajstić information content (AvgIpc) is 3.21. The number of carbonyl (C=O) groups excluding carboxylic acids is 1. The molecule has 11 heteroatoms. The fraction of sp³-hybridized carbons (Fsp3) is 0.259. The molecule has 38 heavy (non-hydrogen) atoms. The molecular formula is C27H26N2O8S. The van der Waals surface area contributed by atoms with Crippen LogP contribution in [0.5, 0.6) is 17.2 Å². The van der Waals surface area contributed by atoms with E-state index >= 15 is 0 Å². The van der Waals surface area contributed by atoms with Crippen molar-refractivity contribution in [3.8, 4) is 17.2 Å². The van der Waals surface area contributed by atoms with Crippen LogP contribution in [0.25, 0.3) is 6.08 Å². The van der Waals surface area contributed by atoms with E-state index in [1.165, 1.54) is 23.0 Å². The number of aliphatic carboxylic acids is 1. The van der Waals surface area contributed by atoms with Crippen LogP contribution >= 0.6 is 11.3 Å². The molecule has 10 nitrogen and oxygen atoms in total. The first-order valence-electron chi connectivity index (χ1n) is 11.6. The van der Waals surface area contributed by atoms with Crippen LogP contribution in [0.15, 0.2) is 63.5 Å². The van der Waals surface area contributed by atoms with E-state index in [4.69, 9.17) is 24.1 Å². The zero-order valence-electron chi connectivity index (χ0n) is 21.2. The Balaban J connectivity index is 1.84. The number of fused-ring (bicyclic) bond motifs is 1. The molecule has 0 saturated carbocycles. The van der Waals surface area contributed by atoms with Crippen LogP contribution in [0, 0.1) is 0 Å². The molecule has 1 N–H and O–H groups in total. The lowest BCUT2D eigenvalue weighted by molar-refractivity contribution is -0.140. The van der Waals surface area contributed by atoms with Crippen LogP contribution in [0.1, 0.15) is 31.0 Å². The lowest BCUT2D eigenvalue weighted by Gasteiger charge is -2.24. The number of ether oxygens (including phenoxy) is 4. The summed E-state index contributed by atoms with van der Waals surface area (Å²) in [6.07, 6.45) is 1.68. The van der Waals surface area contributed by atoms with Gasteiger partial charge in [-0.05, 0) is 55.3 Å². The number of aromatic nitrogens is 1. The van der Waals surface area contributed by atoms with Gasteiger partial charge in [-0.3, -0.25) is 9.36 Å². The molecule has 0 fully saturated rings. The van der Waals surface area contributed by atoms with Gasteiger partial charge in [0, 0.05) is 0 Å². The highest BCUT2D eigenvalue weighted by atomic mass is 32.1. The minimum atomic E-state index is -1.11. The van der Waals surface area contributed by atoms with Crippen molar-refractivity contribution in [2.45, 2.75) is 19.9 Å². The Hall–Kier alpha value is -4.38. The maximum atomic E-state index is 13.7. The highest BCUT2D eigenvalue weighted by Gasteiger charge is 2.33. The molecule has 1 aliphatic heterocycles. The number of esters is 1. The molecule has 1 atom stereocenters. The van der Waals surface area contributed by atoms with Crippen molar-refractivity contribution in [3.63, 3.8) is 0 Å². The van der Waals surface area contributed by atoms with Crippen molar-refractivity contribution in [1.29, 1.82) is 0 Å². The zero-order valence-corrected chi connectivity index (χ0v) is 22.0. The topological polar surface area (TPSA) is 126 Å². The summed E-state index contributed by atoms with van der Waals surface area (Å²) in [7, 11) is 3.00. The zero-order chi connectivity index (χ0) is 27.4. The van der Waals surface area contributed by atoms with Crippen LogP contribution in [0.2, 0.25) is 0 Å². The molecule has 2 heterocycles. The second kappa shape index (κ2) is 11.3. The Kier molecular flexibility index (Phi) is 7.96. The molecule has 0 bridgehead atoms. The number of thiazole rings is 1. The largest absolute Gasteiger partial charge is 0.497 e. The third-order valence-electron chi connectivity index (χ3n) is 5.79. The van der Waals surface area contributed by atoms with Crippen molar-refractivity contribution >= 4 is 29.4 Å². The number of carbonyl (C=O) groups is 2. The summed E-state index contributed by atoms with van der Waals surface area (Å²) in [5.74, 6) is -0.414. The maximum absolute atomic E-state index is 13.7. The maximum Gasteiger partial charge on any atom is 0.341 e. The molecule has 0 unspecified atom stereocenters. The molecule has 1 aromatic heterocycles. The summed E-state index contributed by atoms with van der Waals surface area (Å²) in [4.78, 5) is 42.6. The van der Waals surface area contributed by atoms with Crippen molar-refractivity contribution in [2.24, 2.45) is 4.99 Å². The fourth-order valence-electron chi connectivity index (χ4n) is 4.08. The first-order valence-corrected chi connectivity index (χ1v) is 12.4. The molecule has 0 saturated heterocycles. The van der Waals surface area contributed by atoms with Gasteiger partial charge in [0.1, 0.15) is 5.75 Å². The van der Waals surface area contributed by atoms with E-state index in [2.05, 4.69) is 4.99 Å². The number of hydrogen-bond donors (Lipinski definition) is 1. The molecule has 0 amide bonds. The number of carboxylic acids is 1. The van der Waals surface area contributed by atoms with Crippen molar-refractivity contribution in [1.82, 2.24) is 4.57 Å². The van der Waals surface area contributed by atoms with Gasteiger partial charge in [-0.2, -0.15) is 0 Å². The highest BCUT2D eigenvalue weighted by Crippen LogP contribution is 2.32. The monoisotopic (exact) mass is 538 g/mol. The number of rotatable bonds is 9. The van der Waals surface area contributed by atoms with Crippen molar-refractivity contribution in [3.05, 3.63) is 84.5 Å². The van der Waals surface area contributed by atoms with Gasteiger partial charge in [-0.1, -0.05) is 29.5 Å². The first-order chi connectivity index (χ1) is 18.3. The second-order valence-corrected chi connectivity index (χ2v) is 9.18. The van der Waals surface area contributed by atoms with E-state index in [-0.39, 0.29) is 23.5 Å². The summed E-state index contributed by atoms with van der Waals surface area (Å²) < 4.78 is 23.1. The molecular weight excluding hydrogens is 512 g/mol. The smallest absolute Gasteiger partial charge is 0.341 e. The van der Waals surface area contributed by atoms with Crippen LogP contribution < -0.4 is 29.1 Å². The quantitative estimate of drug-likeness (QED) is 0.412. The van der Waals surface area contributed by atoms with Gasteiger partial charge in [0.05, 0.1) is 42.7 Å². The van der Waals surface area contributed by atoms with E-state index in [1.54, 1.807) is 69.5 Å². The predicted octanol–water partition coefficient (Wildman–Crippen LogP) is 2.28. The Morgan fingerprint density at radius 1 is 1.11 bits per heavy atom. The van der Waals surface area contributed by atoms with E-state index in [0.29, 0.717) is 37.7 Å². The number of hydrogen-bond acceptors (Lipinski definition) is 9. The van der Waals surface area contributed by atoms with E-state index in [0.717, 1.165) is 0 Å². The van der Waals surface area contributed by atoms with E-state index in [1.807, 2.05) is 0 Å². The normalized spacial score (nSPS) is 14.9. The number of carboxylic acid groups (broad SMARTS) is 1. The minimum Gasteiger partial charge on any atom is -0.497 e. The molecule has 198 valence electrons. The molecule has 4 rings (SSSR count). The molecule has 0 aliphatic carbocycles. The second-order valence-electron chi connectivity index (χ2n) is 8.17. The lowest BCUT2D eigenvalue weighted by Crippen LogP contribution is -2.39. The van der Waals surface area contributed by atoms with Crippen LogP contribution in [0.4, 0.5) is 0 Å². The van der Waals surface area contributed by atoms with Gasteiger partial charge in [0.2, 0.25) is 0 Å². The Labute approximate surface area is 221 Å². The summed E-state index contributed by atoms with van der Waals surface area (Å²) in [6.45, 7) is 3.11. The Morgan fingerprint density at radius 2 is 1.84 bits per heavy atom. The van der Waals surface area contributed by atoms with E-state index < -0.39 is 24.6 Å². The first kappa shape index (κ1) is 26.7.